The molecule has 1 aromatic heterocycles. The maximum Gasteiger partial charge on any atom is 0.147 e. The third kappa shape index (κ3) is 3.05. The monoisotopic (exact) mass is 263 g/mol. The van der Waals surface area contributed by atoms with Crippen molar-refractivity contribution >= 4 is 11.3 Å². The van der Waals surface area contributed by atoms with Crippen molar-refractivity contribution in [2.24, 2.45) is 0 Å². The van der Waals surface area contributed by atoms with Gasteiger partial charge in [-0.25, -0.2) is 0 Å². The van der Waals surface area contributed by atoms with Crippen LogP contribution >= 0.6 is 11.3 Å². The molecule has 2 rings (SSSR count). The summed E-state index contributed by atoms with van der Waals surface area (Å²) < 4.78 is 0. The van der Waals surface area contributed by atoms with E-state index in [1.807, 2.05) is 26.1 Å². The predicted octanol–water partition coefficient (Wildman–Crippen LogP) is 2.37. The van der Waals surface area contributed by atoms with Crippen LogP contribution < -0.4 is 5.32 Å². The average molecular weight is 263 g/mol. The molecule has 4 nitrogen and oxygen atoms in total. The molecule has 0 amide bonds. The first-order valence-corrected chi connectivity index (χ1v) is 6.79. The number of phenols is 1. The number of benzene rings is 1. The second-order valence-corrected chi connectivity index (χ2v) is 5.27. The highest BCUT2D eigenvalue weighted by Gasteiger charge is 2.08. The SMILES string of the molecule is CNCCCc1nnc(-c2ccc(C)c(O)c2)s1. The fraction of sp³-hybridized carbons (Fsp3) is 0.385. The molecule has 1 heterocycles. The van der Waals surface area contributed by atoms with Crippen molar-refractivity contribution in [1.82, 2.24) is 15.5 Å². The molecule has 0 bridgehead atoms. The van der Waals surface area contributed by atoms with Crippen LogP contribution in [-0.4, -0.2) is 28.9 Å². The largest absolute Gasteiger partial charge is 0.508 e. The summed E-state index contributed by atoms with van der Waals surface area (Å²) in [6.07, 6.45) is 2.00. The molecule has 0 unspecified atom stereocenters. The fourth-order valence-electron chi connectivity index (χ4n) is 1.63. The summed E-state index contributed by atoms with van der Waals surface area (Å²) in [7, 11) is 1.95. The van der Waals surface area contributed by atoms with Gasteiger partial charge in [-0.2, -0.15) is 0 Å². The molecule has 0 fully saturated rings. The van der Waals surface area contributed by atoms with Crippen molar-refractivity contribution in [1.29, 1.82) is 0 Å². The van der Waals surface area contributed by atoms with Gasteiger partial charge < -0.3 is 10.4 Å². The molecule has 0 aliphatic heterocycles. The van der Waals surface area contributed by atoms with Crippen LogP contribution in [0.4, 0.5) is 0 Å². The molecule has 18 heavy (non-hydrogen) atoms. The zero-order valence-corrected chi connectivity index (χ0v) is 11.4. The smallest absolute Gasteiger partial charge is 0.147 e. The van der Waals surface area contributed by atoms with E-state index in [1.54, 1.807) is 17.4 Å². The van der Waals surface area contributed by atoms with E-state index in [0.29, 0.717) is 5.75 Å². The lowest BCUT2D eigenvalue weighted by Gasteiger charge is -2.00. The Labute approximate surface area is 111 Å². The van der Waals surface area contributed by atoms with Crippen molar-refractivity contribution in [2.45, 2.75) is 19.8 Å². The van der Waals surface area contributed by atoms with Crippen LogP contribution in [-0.2, 0) is 6.42 Å². The van der Waals surface area contributed by atoms with Crippen LogP contribution in [0.1, 0.15) is 17.0 Å². The van der Waals surface area contributed by atoms with Crippen LogP contribution in [0.2, 0.25) is 0 Å². The van der Waals surface area contributed by atoms with Gasteiger partial charge >= 0.3 is 0 Å². The van der Waals surface area contributed by atoms with Gasteiger partial charge in [-0.1, -0.05) is 23.5 Å². The second-order valence-electron chi connectivity index (χ2n) is 4.21. The zero-order valence-electron chi connectivity index (χ0n) is 10.6. The third-order valence-electron chi connectivity index (χ3n) is 2.74. The Morgan fingerprint density at radius 1 is 1.33 bits per heavy atom. The minimum Gasteiger partial charge on any atom is -0.508 e. The topological polar surface area (TPSA) is 58.0 Å². The number of hydrogen-bond acceptors (Lipinski definition) is 5. The summed E-state index contributed by atoms with van der Waals surface area (Å²) in [6, 6.07) is 5.60. The van der Waals surface area contributed by atoms with E-state index in [2.05, 4.69) is 15.5 Å². The van der Waals surface area contributed by atoms with E-state index in [0.717, 1.165) is 40.5 Å². The van der Waals surface area contributed by atoms with Gasteiger partial charge in [0.25, 0.3) is 0 Å². The molecule has 0 saturated heterocycles. The molecule has 0 atom stereocenters. The fourth-order valence-corrected chi connectivity index (χ4v) is 2.51. The molecule has 0 saturated carbocycles. The predicted molar refractivity (Wildman–Crippen MR) is 74.0 cm³/mol. The molecule has 0 aliphatic carbocycles. The van der Waals surface area contributed by atoms with E-state index in [1.165, 1.54) is 0 Å². The lowest BCUT2D eigenvalue weighted by Crippen LogP contribution is -2.08. The van der Waals surface area contributed by atoms with Crippen LogP contribution in [0.5, 0.6) is 5.75 Å². The van der Waals surface area contributed by atoms with E-state index in [4.69, 9.17) is 0 Å². The number of aromatic nitrogens is 2. The molecule has 96 valence electrons. The molecular weight excluding hydrogens is 246 g/mol. The molecule has 5 heteroatoms. The number of aromatic hydroxyl groups is 1. The second kappa shape index (κ2) is 5.93. The van der Waals surface area contributed by atoms with E-state index in [-0.39, 0.29) is 0 Å². The third-order valence-corrected chi connectivity index (χ3v) is 3.77. The Balaban J connectivity index is 2.11. The first-order chi connectivity index (χ1) is 8.70. The van der Waals surface area contributed by atoms with Gasteiger partial charge in [-0.15, -0.1) is 10.2 Å². The van der Waals surface area contributed by atoms with Gasteiger partial charge in [0.1, 0.15) is 15.8 Å². The zero-order chi connectivity index (χ0) is 13.0. The molecule has 0 aliphatic rings. The van der Waals surface area contributed by atoms with Crippen molar-refractivity contribution in [3.05, 3.63) is 28.8 Å². The van der Waals surface area contributed by atoms with Gasteiger partial charge in [0.05, 0.1) is 0 Å². The molecule has 0 spiro atoms. The number of hydrogen-bond donors (Lipinski definition) is 2. The normalized spacial score (nSPS) is 10.8. The van der Waals surface area contributed by atoms with E-state index < -0.39 is 0 Å². The highest BCUT2D eigenvalue weighted by Crippen LogP contribution is 2.28. The van der Waals surface area contributed by atoms with Gasteiger partial charge in [0.15, 0.2) is 0 Å². The van der Waals surface area contributed by atoms with Crippen molar-refractivity contribution in [3.63, 3.8) is 0 Å². The summed E-state index contributed by atoms with van der Waals surface area (Å²) in [4.78, 5) is 0. The Kier molecular flexibility index (Phi) is 4.28. The van der Waals surface area contributed by atoms with Crippen molar-refractivity contribution in [3.8, 4) is 16.3 Å². The van der Waals surface area contributed by atoms with Gasteiger partial charge in [0.2, 0.25) is 0 Å². The van der Waals surface area contributed by atoms with E-state index >= 15 is 0 Å². The van der Waals surface area contributed by atoms with Gasteiger partial charge in [-0.3, -0.25) is 0 Å². The first kappa shape index (κ1) is 13.0. The number of aryl methyl sites for hydroxylation is 2. The summed E-state index contributed by atoms with van der Waals surface area (Å²) in [5.41, 5.74) is 1.80. The Morgan fingerprint density at radius 2 is 2.17 bits per heavy atom. The Morgan fingerprint density at radius 3 is 2.89 bits per heavy atom. The molecule has 1 aromatic carbocycles. The Hall–Kier alpha value is -1.46. The number of nitrogens with zero attached hydrogens (tertiary/aromatic N) is 2. The molecular formula is C13H17N3OS. The maximum absolute atomic E-state index is 9.69. The highest BCUT2D eigenvalue weighted by atomic mass is 32.1. The lowest BCUT2D eigenvalue weighted by molar-refractivity contribution is 0.471. The molecule has 2 aromatic rings. The highest BCUT2D eigenvalue weighted by molar-refractivity contribution is 7.14. The van der Waals surface area contributed by atoms with Crippen molar-refractivity contribution < 1.29 is 5.11 Å². The number of rotatable bonds is 5. The average Bonchev–Trinajstić information content (AvgIpc) is 2.82. The van der Waals surface area contributed by atoms with Crippen LogP contribution in [0.25, 0.3) is 10.6 Å². The minimum atomic E-state index is 0.305. The van der Waals surface area contributed by atoms with Crippen LogP contribution in [0.15, 0.2) is 18.2 Å². The Bertz CT molecular complexity index is 525. The quantitative estimate of drug-likeness (QED) is 0.813. The minimum absolute atomic E-state index is 0.305. The molecule has 0 radical (unpaired) electrons. The van der Waals surface area contributed by atoms with Gasteiger partial charge in [-0.05, 0) is 38.6 Å². The molecule has 2 N–H and O–H groups in total. The van der Waals surface area contributed by atoms with Crippen molar-refractivity contribution in [2.75, 3.05) is 13.6 Å². The summed E-state index contributed by atoms with van der Waals surface area (Å²) >= 11 is 1.59. The summed E-state index contributed by atoms with van der Waals surface area (Å²) in [5.74, 6) is 0.305. The van der Waals surface area contributed by atoms with Gasteiger partial charge in [0, 0.05) is 12.0 Å². The summed E-state index contributed by atoms with van der Waals surface area (Å²) in [6.45, 7) is 2.86. The standard InChI is InChI=1S/C13H17N3OS/c1-9-5-6-10(8-11(9)17)13-16-15-12(18-13)4-3-7-14-2/h5-6,8,14,17H,3-4,7H2,1-2H3. The first-order valence-electron chi connectivity index (χ1n) is 5.97. The van der Waals surface area contributed by atoms with Crippen LogP contribution in [0.3, 0.4) is 0 Å². The number of nitrogens with one attached hydrogen (secondary N) is 1. The maximum atomic E-state index is 9.69. The van der Waals surface area contributed by atoms with Crippen LogP contribution in [0, 0.1) is 6.92 Å². The summed E-state index contributed by atoms with van der Waals surface area (Å²) in [5, 5.41) is 23.1. The van der Waals surface area contributed by atoms with E-state index in [9.17, 15) is 5.11 Å². The number of phenolic OH excluding ortho intramolecular Hbond substituents is 1. The lowest BCUT2D eigenvalue weighted by atomic mass is 10.1.